The van der Waals surface area contributed by atoms with Crippen LogP contribution in [0, 0.1) is 0 Å². The van der Waals surface area contributed by atoms with E-state index in [0.717, 1.165) is 16.7 Å². The van der Waals surface area contributed by atoms with Crippen molar-refractivity contribution < 1.29 is 24.0 Å². The molecule has 1 saturated carbocycles. The van der Waals surface area contributed by atoms with Gasteiger partial charge in [0.1, 0.15) is 17.3 Å². The number of nitrogens with zero attached hydrogens (tertiary/aromatic N) is 3. The number of ether oxygens (including phenoxy) is 1. The number of aliphatic carboxylic acids is 1. The SMILES string of the molecule is CC(OC(=O)Nc1cnoc1-c1cnc(-c2ccc(C3(C(=O)O)CC3)cc2)c2[nH]cnc12)c1ccccc1. The Morgan fingerprint density at radius 3 is 2.55 bits per heavy atom. The van der Waals surface area contributed by atoms with E-state index in [1.807, 2.05) is 54.6 Å². The van der Waals surface area contributed by atoms with Gasteiger partial charge in [0.2, 0.25) is 0 Å². The van der Waals surface area contributed by atoms with Gasteiger partial charge in [-0.15, -0.1) is 0 Å². The first-order valence-corrected chi connectivity index (χ1v) is 12.1. The number of pyridine rings is 1. The van der Waals surface area contributed by atoms with Crippen LogP contribution in [0.5, 0.6) is 0 Å². The van der Waals surface area contributed by atoms with Crippen LogP contribution in [0.4, 0.5) is 10.5 Å². The van der Waals surface area contributed by atoms with Gasteiger partial charge < -0.3 is 19.4 Å². The second-order valence-corrected chi connectivity index (χ2v) is 9.26. The molecule has 0 saturated heterocycles. The van der Waals surface area contributed by atoms with Crippen molar-refractivity contribution in [3.05, 3.63) is 84.4 Å². The smallest absolute Gasteiger partial charge is 0.412 e. The van der Waals surface area contributed by atoms with Gasteiger partial charge in [-0.05, 0) is 30.9 Å². The molecule has 6 rings (SSSR count). The molecule has 2 aromatic carbocycles. The Balaban J connectivity index is 1.26. The molecule has 1 atom stereocenters. The molecule has 38 heavy (non-hydrogen) atoms. The summed E-state index contributed by atoms with van der Waals surface area (Å²) in [5.74, 6) is -0.503. The predicted octanol–water partition coefficient (Wildman–Crippen LogP) is 5.71. The number of carbonyl (C=O) groups excluding carboxylic acids is 1. The Morgan fingerprint density at radius 2 is 1.84 bits per heavy atom. The Morgan fingerprint density at radius 1 is 1.08 bits per heavy atom. The fourth-order valence-electron chi connectivity index (χ4n) is 4.63. The molecule has 1 aliphatic rings. The van der Waals surface area contributed by atoms with E-state index in [0.29, 0.717) is 40.8 Å². The third-order valence-corrected chi connectivity index (χ3v) is 6.93. The summed E-state index contributed by atoms with van der Waals surface area (Å²) in [6, 6.07) is 16.8. The summed E-state index contributed by atoms with van der Waals surface area (Å²) in [6.45, 7) is 1.79. The number of benzene rings is 2. The number of rotatable bonds is 7. The number of hydrogen-bond acceptors (Lipinski definition) is 7. The molecule has 1 aliphatic carbocycles. The fourth-order valence-corrected chi connectivity index (χ4v) is 4.63. The van der Waals surface area contributed by atoms with Crippen molar-refractivity contribution in [3.8, 4) is 22.6 Å². The van der Waals surface area contributed by atoms with E-state index in [2.05, 4.69) is 25.4 Å². The summed E-state index contributed by atoms with van der Waals surface area (Å²) in [7, 11) is 0. The third-order valence-electron chi connectivity index (χ3n) is 6.93. The molecule has 0 radical (unpaired) electrons. The van der Waals surface area contributed by atoms with Crippen LogP contribution in [-0.2, 0) is 14.9 Å². The largest absolute Gasteiger partial charge is 0.481 e. The zero-order chi connectivity index (χ0) is 26.3. The van der Waals surface area contributed by atoms with Crippen molar-refractivity contribution in [2.75, 3.05) is 5.32 Å². The molecule has 3 aromatic heterocycles. The summed E-state index contributed by atoms with van der Waals surface area (Å²) in [6.07, 6.45) is 4.74. The summed E-state index contributed by atoms with van der Waals surface area (Å²) in [5.41, 5.74) is 4.45. The number of aromatic nitrogens is 4. The lowest BCUT2D eigenvalue weighted by molar-refractivity contribution is -0.140. The van der Waals surface area contributed by atoms with Crippen LogP contribution in [0.15, 0.2) is 77.8 Å². The highest BCUT2D eigenvalue weighted by molar-refractivity contribution is 6.01. The maximum absolute atomic E-state index is 12.6. The molecule has 5 aromatic rings. The Hall–Kier alpha value is -4.99. The van der Waals surface area contributed by atoms with Crippen LogP contribution in [0.1, 0.15) is 37.0 Å². The number of nitrogens with one attached hydrogen (secondary N) is 2. The van der Waals surface area contributed by atoms with Gasteiger partial charge in [-0.2, -0.15) is 0 Å². The number of carbonyl (C=O) groups is 2. The number of aromatic amines is 1. The van der Waals surface area contributed by atoms with Crippen LogP contribution < -0.4 is 5.32 Å². The number of amides is 1. The van der Waals surface area contributed by atoms with Crippen molar-refractivity contribution >= 4 is 28.8 Å². The molecular weight excluding hydrogens is 486 g/mol. The highest BCUT2D eigenvalue weighted by Gasteiger charge is 2.51. The maximum atomic E-state index is 12.6. The van der Waals surface area contributed by atoms with E-state index < -0.39 is 23.6 Å². The molecule has 3 N–H and O–H groups in total. The molecule has 1 amide bonds. The minimum Gasteiger partial charge on any atom is -0.481 e. The van der Waals surface area contributed by atoms with Crippen molar-refractivity contribution in [3.63, 3.8) is 0 Å². The lowest BCUT2D eigenvalue weighted by Gasteiger charge is -2.14. The summed E-state index contributed by atoms with van der Waals surface area (Å²) in [4.78, 5) is 36.5. The van der Waals surface area contributed by atoms with E-state index in [9.17, 15) is 14.7 Å². The third kappa shape index (κ3) is 4.05. The minimum absolute atomic E-state index is 0.290. The average molecular weight is 510 g/mol. The van der Waals surface area contributed by atoms with Crippen molar-refractivity contribution in [1.82, 2.24) is 20.1 Å². The number of carboxylic acids is 1. The zero-order valence-corrected chi connectivity index (χ0v) is 20.3. The van der Waals surface area contributed by atoms with E-state index in [1.54, 1.807) is 19.4 Å². The second kappa shape index (κ2) is 9.15. The van der Waals surface area contributed by atoms with Gasteiger partial charge in [0, 0.05) is 11.8 Å². The average Bonchev–Trinajstić information content (AvgIpc) is 3.38. The zero-order valence-electron chi connectivity index (χ0n) is 20.3. The van der Waals surface area contributed by atoms with E-state index in [-0.39, 0.29) is 5.76 Å². The van der Waals surface area contributed by atoms with Crippen molar-refractivity contribution in [1.29, 1.82) is 0 Å². The molecule has 1 fully saturated rings. The molecule has 0 spiro atoms. The van der Waals surface area contributed by atoms with Crippen LogP contribution in [-0.4, -0.2) is 37.3 Å². The molecule has 0 bridgehead atoms. The highest BCUT2D eigenvalue weighted by Crippen LogP contribution is 2.48. The van der Waals surface area contributed by atoms with Crippen LogP contribution >= 0.6 is 0 Å². The lowest BCUT2D eigenvalue weighted by Crippen LogP contribution is -2.19. The van der Waals surface area contributed by atoms with E-state index in [1.165, 1.54) is 6.20 Å². The molecule has 190 valence electrons. The topological polar surface area (TPSA) is 143 Å². The number of imidazole rings is 1. The van der Waals surface area contributed by atoms with E-state index in [4.69, 9.17) is 9.26 Å². The Bertz CT molecular complexity index is 1640. The molecule has 0 aliphatic heterocycles. The fraction of sp³-hybridized carbons (Fsp3) is 0.179. The van der Waals surface area contributed by atoms with E-state index >= 15 is 0 Å². The molecule has 1 unspecified atom stereocenters. The number of hydrogen-bond donors (Lipinski definition) is 3. The lowest BCUT2D eigenvalue weighted by atomic mass is 9.94. The quantitative estimate of drug-likeness (QED) is 0.253. The Labute approximate surface area is 216 Å². The van der Waals surface area contributed by atoms with Gasteiger partial charge in [0.15, 0.2) is 5.76 Å². The molecule has 10 nitrogen and oxygen atoms in total. The monoisotopic (exact) mass is 509 g/mol. The Kier molecular flexibility index (Phi) is 5.64. The predicted molar refractivity (Wildman–Crippen MR) is 138 cm³/mol. The van der Waals surface area contributed by atoms with Crippen molar-refractivity contribution in [2.24, 2.45) is 0 Å². The van der Waals surface area contributed by atoms with Gasteiger partial charge in [-0.1, -0.05) is 59.8 Å². The van der Waals surface area contributed by atoms with Gasteiger partial charge in [-0.3, -0.25) is 15.1 Å². The van der Waals surface area contributed by atoms with Gasteiger partial charge >= 0.3 is 12.1 Å². The first-order chi connectivity index (χ1) is 18.5. The van der Waals surface area contributed by atoms with Gasteiger partial charge in [0.05, 0.1) is 34.7 Å². The number of carboxylic acid groups (broad SMARTS) is 1. The number of anilines is 1. The summed E-state index contributed by atoms with van der Waals surface area (Å²) >= 11 is 0. The molecular formula is C28H23N5O5. The normalized spacial score (nSPS) is 14.7. The second-order valence-electron chi connectivity index (χ2n) is 9.26. The van der Waals surface area contributed by atoms with Crippen molar-refractivity contribution in [2.45, 2.75) is 31.3 Å². The highest BCUT2D eigenvalue weighted by atomic mass is 16.6. The number of H-pyrrole nitrogens is 1. The minimum atomic E-state index is -0.793. The van der Waals surface area contributed by atoms with Crippen LogP contribution in [0.2, 0.25) is 0 Å². The summed E-state index contributed by atoms with van der Waals surface area (Å²) in [5, 5.41) is 16.1. The number of fused-ring (bicyclic) bond motifs is 1. The van der Waals surface area contributed by atoms with Gasteiger partial charge in [0.25, 0.3) is 0 Å². The van der Waals surface area contributed by atoms with Gasteiger partial charge in [-0.25, -0.2) is 9.78 Å². The van der Waals surface area contributed by atoms with Crippen LogP contribution in [0.25, 0.3) is 33.6 Å². The van der Waals surface area contributed by atoms with Crippen LogP contribution in [0.3, 0.4) is 0 Å². The molecule has 3 heterocycles. The molecule has 10 heteroatoms. The first kappa shape index (κ1) is 23.4. The maximum Gasteiger partial charge on any atom is 0.412 e. The first-order valence-electron chi connectivity index (χ1n) is 12.1. The standard InChI is InChI=1S/C28H23N5O5/c1-16(17-5-3-2-4-6-17)37-27(36)33-21-14-32-38-25(21)20-13-29-22(24-23(20)30-15-31-24)18-7-9-19(10-8-18)28(11-12-28)26(34)35/h2-10,13-16H,11-12H2,1H3,(H,30,31)(H,33,36)(H,34,35). The summed E-state index contributed by atoms with van der Waals surface area (Å²) < 4.78 is 11.0.